The molecule has 4 aromatic carbocycles. The van der Waals surface area contributed by atoms with Gasteiger partial charge in [-0.05, 0) is 188 Å². The summed E-state index contributed by atoms with van der Waals surface area (Å²) in [6.07, 6.45) is 7.62. The Kier molecular flexibility index (Phi) is 19.9. The molecule has 4 N–H and O–H groups in total. The Hall–Kier alpha value is -7.96. The zero-order valence-electron chi connectivity index (χ0n) is 51.8. The van der Waals surface area contributed by atoms with E-state index in [0.717, 1.165) is 87.8 Å². The number of hydrogen-bond donors (Lipinski definition) is 3. The summed E-state index contributed by atoms with van der Waals surface area (Å²) in [5.74, 6) is 6.62. The van der Waals surface area contributed by atoms with Gasteiger partial charge in [0, 0.05) is 49.1 Å². The fourth-order valence-electron chi connectivity index (χ4n) is 11.1. The van der Waals surface area contributed by atoms with E-state index in [4.69, 9.17) is 58.3 Å². The van der Waals surface area contributed by atoms with E-state index < -0.39 is 11.2 Å². The van der Waals surface area contributed by atoms with Crippen LogP contribution in [0.2, 0.25) is 0 Å². The highest BCUT2D eigenvalue weighted by Gasteiger charge is 2.35. The van der Waals surface area contributed by atoms with Crippen molar-refractivity contribution in [1.82, 2.24) is 19.8 Å². The van der Waals surface area contributed by atoms with E-state index in [9.17, 15) is 14.7 Å². The summed E-state index contributed by atoms with van der Waals surface area (Å²) in [7, 11) is 3.30. The van der Waals surface area contributed by atoms with Crippen molar-refractivity contribution in [1.29, 1.82) is 0 Å². The van der Waals surface area contributed by atoms with Gasteiger partial charge in [-0.1, -0.05) is 36.4 Å². The molecular weight excluding hydrogens is 1100 g/mol. The number of carbonyl (C=O) groups excluding carboxylic acids is 2. The fraction of sp³-hybridized carbons (Fsp3) is 0.478. The van der Waals surface area contributed by atoms with Crippen LogP contribution in [0.25, 0.3) is 22.5 Å². The highest BCUT2D eigenvalue weighted by Crippen LogP contribution is 2.46. The van der Waals surface area contributed by atoms with E-state index in [1.807, 2.05) is 137 Å². The summed E-state index contributed by atoms with van der Waals surface area (Å²) in [6, 6.07) is 31.5. The van der Waals surface area contributed by atoms with Gasteiger partial charge in [0.25, 0.3) is 0 Å². The number of piperidine rings is 2. The molecule has 0 radical (unpaired) electrons. The molecule has 2 saturated heterocycles. The summed E-state index contributed by atoms with van der Waals surface area (Å²) >= 11 is 0. The maximum Gasteiger partial charge on any atom is 0.410 e. The van der Waals surface area contributed by atoms with Crippen molar-refractivity contribution in [3.05, 3.63) is 130 Å². The Labute approximate surface area is 511 Å². The van der Waals surface area contributed by atoms with Gasteiger partial charge in [0.15, 0.2) is 0 Å². The van der Waals surface area contributed by atoms with Gasteiger partial charge in [0.1, 0.15) is 77.3 Å². The number of likely N-dealkylation sites (tertiary alicyclic amines) is 2. The Morgan fingerprint density at radius 1 is 0.621 bits per heavy atom. The van der Waals surface area contributed by atoms with Crippen LogP contribution < -0.4 is 39.5 Å². The lowest BCUT2D eigenvalue weighted by Crippen LogP contribution is -2.42. The minimum Gasteiger partial charge on any atom is -0.497 e. The minimum absolute atomic E-state index is 0.0457. The number of nitrogens with one attached hydrogen (secondary N) is 1. The molecule has 4 fully saturated rings. The predicted molar refractivity (Wildman–Crippen MR) is 334 cm³/mol. The highest BCUT2D eigenvalue weighted by atomic mass is 16.6. The Bertz CT molecular complexity index is 3320. The lowest BCUT2D eigenvalue weighted by molar-refractivity contribution is 0.0187. The quantitative estimate of drug-likeness (QED) is 0.0689. The number of methoxy groups -OCH3 is 2. The Morgan fingerprint density at radius 3 is 1.52 bits per heavy atom. The number of nitrogens with two attached hydrogens (primary N) is 1. The first-order valence-electron chi connectivity index (χ1n) is 30.7. The molecule has 0 bridgehead atoms. The van der Waals surface area contributed by atoms with E-state index in [1.165, 1.54) is 25.7 Å². The molecule has 2 amide bonds. The van der Waals surface area contributed by atoms with Crippen LogP contribution in [0.5, 0.6) is 34.5 Å². The predicted octanol–water partition coefficient (Wildman–Crippen LogP) is 13.5. The molecule has 18 nitrogen and oxygen atoms in total. The summed E-state index contributed by atoms with van der Waals surface area (Å²) < 4.78 is 53.4. The van der Waals surface area contributed by atoms with E-state index in [1.54, 1.807) is 19.1 Å². The first-order chi connectivity index (χ1) is 41.9. The molecule has 2 saturated carbocycles. The third-order valence-corrected chi connectivity index (χ3v) is 16.1. The molecule has 2 atom stereocenters. The minimum atomic E-state index is -0.582. The lowest BCUT2D eigenvalue weighted by atomic mass is 9.87. The van der Waals surface area contributed by atoms with Gasteiger partial charge in [-0.3, -0.25) is 0 Å². The smallest absolute Gasteiger partial charge is 0.410 e. The van der Waals surface area contributed by atoms with Gasteiger partial charge in [0.05, 0.1) is 63.2 Å². The molecule has 5 aliphatic rings. The zero-order valence-corrected chi connectivity index (χ0v) is 51.8. The van der Waals surface area contributed by atoms with Crippen LogP contribution in [0.4, 0.5) is 21.2 Å². The highest BCUT2D eigenvalue weighted by molar-refractivity contribution is 5.78. The number of carbonyl (C=O) groups is 2. The summed E-state index contributed by atoms with van der Waals surface area (Å²) in [5.41, 5.74) is 14.0. The van der Waals surface area contributed by atoms with E-state index >= 15 is 0 Å². The average Bonchev–Trinajstić information content (AvgIpc) is 1.76. The lowest BCUT2D eigenvalue weighted by Gasteiger charge is -2.36. The van der Waals surface area contributed by atoms with Crippen LogP contribution >= 0.6 is 0 Å². The van der Waals surface area contributed by atoms with Gasteiger partial charge < -0.3 is 68.6 Å². The van der Waals surface area contributed by atoms with E-state index in [-0.39, 0.29) is 36.4 Å². The normalized spacial score (nSPS) is 17.6. The molecule has 3 aliphatic heterocycles. The fourth-order valence-corrected chi connectivity index (χ4v) is 11.1. The molecule has 2 aliphatic carbocycles. The van der Waals surface area contributed by atoms with Crippen molar-refractivity contribution in [3.63, 3.8) is 0 Å². The van der Waals surface area contributed by atoms with E-state index in [2.05, 4.69) is 11.4 Å². The molecule has 6 aromatic rings. The maximum atomic E-state index is 13.0. The van der Waals surface area contributed by atoms with Gasteiger partial charge in [0.2, 0.25) is 0 Å². The molecule has 11 rings (SSSR count). The number of nitrogens with zero attached hydrogens (tertiary/aromatic N) is 4. The number of aliphatic hydroxyl groups excluding tert-OH is 1. The number of aromatic nitrogens is 2. The van der Waals surface area contributed by atoms with E-state index in [0.29, 0.717) is 112 Å². The first-order valence-corrected chi connectivity index (χ1v) is 30.7. The van der Waals surface area contributed by atoms with Crippen molar-refractivity contribution in [2.45, 2.75) is 142 Å². The maximum absolute atomic E-state index is 13.0. The van der Waals surface area contributed by atoms with Crippen LogP contribution in [0, 0.1) is 11.8 Å². The van der Waals surface area contributed by atoms with Gasteiger partial charge in [-0.15, -0.1) is 0 Å². The molecule has 87 heavy (non-hydrogen) atoms. The van der Waals surface area contributed by atoms with Crippen molar-refractivity contribution < 1.29 is 57.3 Å². The van der Waals surface area contributed by atoms with Crippen LogP contribution in [0.3, 0.4) is 0 Å². The van der Waals surface area contributed by atoms with Crippen LogP contribution in [-0.4, -0.2) is 109 Å². The summed E-state index contributed by atoms with van der Waals surface area (Å²) in [4.78, 5) is 39.4. The van der Waals surface area contributed by atoms with Gasteiger partial charge in [-0.2, -0.15) is 0 Å². The first kappa shape index (κ1) is 62.1. The number of hydrogen-bond acceptors (Lipinski definition) is 16. The van der Waals surface area contributed by atoms with Crippen molar-refractivity contribution >= 4 is 23.8 Å². The number of rotatable bonds is 19. The van der Waals surface area contributed by atoms with Crippen molar-refractivity contribution in [2.75, 3.05) is 71.4 Å². The second kappa shape index (κ2) is 27.8. The number of ether oxygens (including phenoxy) is 9. The molecule has 18 heteroatoms. The summed E-state index contributed by atoms with van der Waals surface area (Å²) in [5, 5.41) is 13.7. The van der Waals surface area contributed by atoms with Crippen molar-refractivity contribution in [2.24, 2.45) is 11.8 Å². The topological polar surface area (TPSA) is 208 Å². The van der Waals surface area contributed by atoms with Gasteiger partial charge in [-0.25, -0.2) is 19.6 Å². The third-order valence-electron chi connectivity index (χ3n) is 16.1. The number of nitrogen functional groups attached to an aromatic ring is 1. The number of fused-ring (bicyclic) bond motifs is 1. The Balaban J connectivity index is 0.000000193. The van der Waals surface area contributed by atoms with Crippen LogP contribution in [-0.2, 0) is 40.6 Å². The molecule has 2 unspecified atom stereocenters. The Morgan fingerprint density at radius 2 is 1.07 bits per heavy atom. The number of benzene rings is 4. The number of pyridine rings is 2. The molecule has 2 aromatic heterocycles. The van der Waals surface area contributed by atoms with Crippen LogP contribution in [0.15, 0.2) is 97.1 Å². The molecule has 5 heterocycles. The third kappa shape index (κ3) is 16.6. The largest absolute Gasteiger partial charge is 0.497 e. The SMILES string of the molecule is COc1ccc(COc2cccc(OCC3CC3)c2-c2cc(C3CCCN(C(=O)OC(C)(C)C)C3)c(CO)c(N)n2)cc1.COc1ccc(COc2cccc(OCC3CC3)c2-c2cc(C3CCCN(C(=O)OC(C)(C)C)C3)c3c(n2)NCOC3)cc1. The van der Waals surface area contributed by atoms with Crippen molar-refractivity contribution in [3.8, 4) is 57.0 Å². The molecule has 464 valence electrons. The zero-order chi connectivity index (χ0) is 61.2. The summed E-state index contributed by atoms with van der Waals surface area (Å²) in [6.45, 7) is 16.3. The second-order valence-corrected chi connectivity index (χ2v) is 25.3. The number of amides is 2. The molecule has 0 spiro atoms. The number of anilines is 2. The van der Waals surface area contributed by atoms with Crippen LogP contribution in [0.1, 0.15) is 138 Å². The molecular formula is C69H86N6O12. The standard InChI is InChI=1S/C35H43N3O6.C34H43N3O6/c1-35(2,3)44-34(39)38-16-6-7-25(18-38)27-17-29(37-33-28(27)21-41-22-36-33)32-30(42-19-23-10-11-23)8-5-9-31(32)43-20-24-12-14-26(40-4)15-13-24;1-34(2,3)43-33(39)37-16-6-7-24(18-37)26-17-28(36-32(35)27(26)19-38)31-29(41-20-22-10-11-22)8-5-9-30(31)42-21-23-12-14-25(40-4)15-13-23/h5,8-9,12-15,17,23,25H,6-7,10-11,16,18-22H2,1-4H3,(H,36,37);5,8-9,12-15,17,22,24,38H,6-7,10-11,16,18-21H2,1-4H3,(H2,35,36). The number of aliphatic hydroxyl groups is 1. The second-order valence-electron chi connectivity index (χ2n) is 25.3. The van der Waals surface area contributed by atoms with Gasteiger partial charge >= 0.3 is 12.2 Å². The monoisotopic (exact) mass is 1190 g/mol. The average molecular weight is 1190 g/mol.